The van der Waals surface area contributed by atoms with Crippen molar-refractivity contribution in [3.05, 3.63) is 127 Å². The summed E-state index contributed by atoms with van der Waals surface area (Å²) in [6.07, 6.45) is 0. The quantitative estimate of drug-likeness (QED) is 0.168. The van der Waals surface area contributed by atoms with E-state index in [1.165, 1.54) is 49.5 Å². The van der Waals surface area contributed by atoms with Gasteiger partial charge < -0.3 is 19.2 Å². The average Bonchev–Trinajstić information content (AvgIpc) is 3.09. The van der Waals surface area contributed by atoms with Crippen LogP contribution in [0.2, 0.25) is 13.1 Å². The van der Waals surface area contributed by atoms with Crippen molar-refractivity contribution < 1.29 is 9.47 Å². The Morgan fingerprint density at radius 1 is 0.583 bits per heavy atom. The molecule has 0 saturated carbocycles. The van der Waals surface area contributed by atoms with Crippen LogP contribution in [0.5, 0.6) is 23.0 Å². The monoisotopic (exact) mass is 638 g/mol. The minimum absolute atomic E-state index is 0.0324. The fourth-order valence-corrected chi connectivity index (χ4v) is 11.4. The van der Waals surface area contributed by atoms with E-state index in [0.717, 1.165) is 39.9 Å². The highest BCUT2D eigenvalue weighted by Crippen LogP contribution is 2.54. The van der Waals surface area contributed by atoms with E-state index in [9.17, 15) is 0 Å². The van der Waals surface area contributed by atoms with E-state index in [0.29, 0.717) is 0 Å². The lowest BCUT2D eigenvalue weighted by Gasteiger charge is -2.50. The van der Waals surface area contributed by atoms with Crippen LogP contribution >= 0.6 is 0 Å². The number of benzene rings is 6. The van der Waals surface area contributed by atoms with Crippen LogP contribution < -0.4 is 40.5 Å². The fraction of sp³-hybridized carbons (Fsp3) is 0.143. The zero-order chi connectivity index (χ0) is 32.5. The Balaban J connectivity index is 1.34. The summed E-state index contributed by atoms with van der Waals surface area (Å²) < 4.78 is 13.1. The molecule has 6 heteroatoms. The van der Waals surface area contributed by atoms with Gasteiger partial charge in [0.2, 0.25) is 0 Å². The Kier molecular flexibility index (Phi) is 5.49. The summed E-state index contributed by atoms with van der Waals surface area (Å²) in [6, 6.07) is 44.3. The van der Waals surface area contributed by atoms with Crippen molar-refractivity contribution >= 4 is 64.7 Å². The first-order valence-corrected chi connectivity index (χ1v) is 19.9. The Bertz CT molecular complexity index is 2350. The van der Waals surface area contributed by atoms with E-state index in [2.05, 4.69) is 141 Å². The summed E-state index contributed by atoms with van der Waals surface area (Å²) in [5, 5.41) is 2.97. The van der Waals surface area contributed by atoms with Crippen LogP contribution in [0.3, 0.4) is 0 Å². The van der Waals surface area contributed by atoms with Crippen LogP contribution in [0.1, 0.15) is 26.3 Å². The van der Waals surface area contributed by atoms with Gasteiger partial charge in [0.05, 0.1) is 0 Å². The van der Waals surface area contributed by atoms with Crippen LogP contribution in [0.25, 0.3) is 11.1 Å². The molecule has 4 aliphatic heterocycles. The highest BCUT2D eigenvalue weighted by atomic mass is 28.3. The van der Waals surface area contributed by atoms with Crippen LogP contribution in [-0.2, 0) is 5.41 Å². The molecule has 0 unspecified atom stereocenters. The lowest BCUT2D eigenvalue weighted by Crippen LogP contribution is -2.67. The van der Waals surface area contributed by atoms with E-state index in [1.54, 1.807) is 0 Å². The van der Waals surface area contributed by atoms with Gasteiger partial charge in [0.15, 0.2) is 23.0 Å². The van der Waals surface area contributed by atoms with Crippen molar-refractivity contribution in [1.29, 1.82) is 0 Å². The molecule has 0 atom stereocenters. The maximum absolute atomic E-state index is 6.54. The molecule has 0 saturated heterocycles. The second-order valence-corrected chi connectivity index (χ2v) is 19.3. The molecular formula is C42H35BN2O2Si. The molecule has 4 heterocycles. The van der Waals surface area contributed by atoms with Crippen molar-refractivity contribution in [2.24, 2.45) is 0 Å². The Labute approximate surface area is 283 Å². The normalized spacial score (nSPS) is 15.6. The lowest BCUT2D eigenvalue weighted by molar-refractivity contribution is 0.360. The van der Waals surface area contributed by atoms with Crippen molar-refractivity contribution in [2.75, 3.05) is 9.71 Å². The molecule has 0 fully saturated rings. The summed E-state index contributed by atoms with van der Waals surface area (Å²) in [5.41, 5.74) is 12.5. The van der Waals surface area contributed by atoms with Gasteiger partial charge >= 0.3 is 6.85 Å². The van der Waals surface area contributed by atoms with Crippen LogP contribution in [0, 0.1) is 0 Å². The predicted molar refractivity (Wildman–Crippen MR) is 202 cm³/mol. The minimum atomic E-state index is -2.02. The van der Waals surface area contributed by atoms with E-state index in [4.69, 9.17) is 9.47 Å². The smallest absolute Gasteiger partial charge is 0.333 e. The number of hydrogen-bond donors (Lipinski definition) is 0. The number of hydrogen-bond acceptors (Lipinski definition) is 4. The molecule has 0 amide bonds. The number of anilines is 5. The van der Waals surface area contributed by atoms with E-state index < -0.39 is 8.07 Å². The molecule has 0 radical (unpaired) electrons. The van der Waals surface area contributed by atoms with Gasteiger partial charge in [-0.15, -0.1) is 0 Å². The first-order valence-electron chi connectivity index (χ1n) is 16.9. The standard InChI is InChI=1S/C42H35BN2O2Si/c1-42(2,3)26-22-29-28-24-36-37(47-35-19-11-10-18-34(35)46-36)25-32(28)45(27-14-7-6-8-15-27)43-30-16-13-21-39-41(30)44(33(23-26)40(29)43)31-17-9-12-20-38(31)48(39,4)5/h6-25H,1-5H3. The molecule has 0 aliphatic carbocycles. The van der Waals surface area contributed by atoms with Gasteiger partial charge in [0, 0.05) is 40.1 Å². The molecule has 6 aromatic rings. The molecular weight excluding hydrogens is 603 g/mol. The maximum Gasteiger partial charge on any atom is 0.333 e. The van der Waals surface area contributed by atoms with Gasteiger partial charge in [-0.3, -0.25) is 0 Å². The van der Waals surface area contributed by atoms with Crippen LogP contribution in [-0.4, -0.2) is 14.9 Å². The van der Waals surface area contributed by atoms with Crippen molar-refractivity contribution in [3.8, 4) is 34.1 Å². The number of ether oxygens (including phenoxy) is 2. The molecule has 6 aromatic carbocycles. The number of rotatable bonds is 1. The number of para-hydroxylation sites is 5. The molecule has 4 nitrogen and oxygen atoms in total. The van der Waals surface area contributed by atoms with Gasteiger partial charge in [0.25, 0.3) is 0 Å². The zero-order valence-electron chi connectivity index (χ0n) is 27.8. The molecule has 0 aromatic heterocycles. The summed E-state index contributed by atoms with van der Waals surface area (Å²) in [4.78, 5) is 5.15. The number of fused-ring (bicyclic) bond motifs is 8. The van der Waals surface area contributed by atoms with E-state index in [1.807, 2.05) is 24.3 Å². The van der Waals surface area contributed by atoms with Gasteiger partial charge in [0.1, 0.15) is 8.07 Å². The van der Waals surface area contributed by atoms with Gasteiger partial charge in [-0.05, 0) is 80.3 Å². The predicted octanol–water partition coefficient (Wildman–Crippen LogP) is 8.73. The lowest BCUT2D eigenvalue weighted by atomic mass is 9.43. The molecule has 232 valence electrons. The third-order valence-corrected chi connectivity index (χ3v) is 14.3. The average molecular weight is 639 g/mol. The van der Waals surface area contributed by atoms with Gasteiger partial charge in [-0.1, -0.05) is 107 Å². The third-order valence-electron chi connectivity index (χ3n) is 10.8. The zero-order valence-corrected chi connectivity index (χ0v) is 28.8. The highest BCUT2D eigenvalue weighted by molar-refractivity contribution is 7.04. The Hall–Kier alpha value is -5.20. The Morgan fingerprint density at radius 2 is 1.25 bits per heavy atom. The van der Waals surface area contributed by atoms with Crippen molar-refractivity contribution in [3.63, 3.8) is 0 Å². The first kappa shape index (κ1) is 27.9. The molecule has 48 heavy (non-hydrogen) atoms. The summed E-state index contributed by atoms with van der Waals surface area (Å²) in [7, 11) is -2.02. The van der Waals surface area contributed by atoms with Crippen LogP contribution in [0.4, 0.5) is 28.4 Å². The van der Waals surface area contributed by atoms with E-state index in [-0.39, 0.29) is 12.3 Å². The summed E-state index contributed by atoms with van der Waals surface area (Å²) in [6.45, 7) is 12.0. The summed E-state index contributed by atoms with van der Waals surface area (Å²) in [5.74, 6) is 2.95. The van der Waals surface area contributed by atoms with Crippen molar-refractivity contribution in [2.45, 2.75) is 39.3 Å². The second kappa shape index (κ2) is 9.45. The van der Waals surface area contributed by atoms with Crippen LogP contribution in [0.15, 0.2) is 121 Å². The second-order valence-electron chi connectivity index (χ2n) is 15.0. The maximum atomic E-state index is 6.54. The summed E-state index contributed by atoms with van der Waals surface area (Å²) >= 11 is 0. The fourth-order valence-electron chi connectivity index (χ4n) is 8.43. The third kappa shape index (κ3) is 3.67. The first-order chi connectivity index (χ1) is 23.2. The molecule has 4 aliphatic rings. The largest absolute Gasteiger partial charge is 0.449 e. The number of nitrogens with zero attached hydrogens (tertiary/aromatic N) is 2. The highest BCUT2D eigenvalue weighted by Gasteiger charge is 2.50. The SMILES string of the molecule is CC(C)(C)c1cc2c3c(c1)N1c4ccccc4[Si](C)(C)c4cccc(c41)B3N(c1ccccc1)c1cc3c(cc1-2)Oc1ccccc1O3. The van der Waals surface area contributed by atoms with Crippen molar-refractivity contribution in [1.82, 2.24) is 0 Å². The van der Waals surface area contributed by atoms with Gasteiger partial charge in [-0.2, -0.15) is 0 Å². The molecule has 0 spiro atoms. The minimum Gasteiger partial charge on any atom is -0.449 e. The van der Waals surface area contributed by atoms with E-state index >= 15 is 0 Å². The van der Waals surface area contributed by atoms with Gasteiger partial charge in [-0.25, -0.2) is 0 Å². The molecule has 0 bridgehead atoms. The Morgan fingerprint density at radius 3 is 2.00 bits per heavy atom. The molecule has 0 N–H and O–H groups in total. The topological polar surface area (TPSA) is 24.9 Å². The molecule has 10 rings (SSSR count).